The van der Waals surface area contributed by atoms with Crippen LogP contribution < -0.4 is 0 Å². The molecule has 66 valence electrons. The summed E-state index contributed by atoms with van der Waals surface area (Å²) in [6.45, 7) is 0. The molecule has 0 saturated carbocycles. The van der Waals surface area contributed by atoms with Crippen LogP contribution in [0.5, 0.6) is 0 Å². The van der Waals surface area contributed by atoms with E-state index in [9.17, 15) is 4.79 Å². The van der Waals surface area contributed by atoms with Gasteiger partial charge < -0.3 is 20.4 Å². The standard InChI is InChI=1S/C7H8O5/c8-4-1-2-7(11,12)5(3-4)6(9)10/h1-3,5,8,11-12H,(H,9,10). The first-order valence-electron chi connectivity index (χ1n) is 3.21. The van der Waals surface area contributed by atoms with Crippen LogP contribution in [0.15, 0.2) is 24.0 Å². The van der Waals surface area contributed by atoms with Gasteiger partial charge in [-0.15, -0.1) is 0 Å². The molecule has 0 amide bonds. The molecule has 1 aliphatic carbocycles. The second-order valence-corrected chi connectivity index (χ2v) is 2.52. The van der Waals surface area contributed by atoms with Gasteiger partial charge >= 0.3 is 5.97 Å². The van der Waals surface area contributed by atoms with Gasteiger partial charge in [-0.1, -0.05) is 0 Å². The van der Waals surface area contributed by atoms with Gasteiger partial charge in [-0.3, -0.25) is 4.79 Å². The van der Waals surface area contributed by atoms with E-state index in [-0.39, 0.29) is 5.76 Å². The van der Waals surface area contributed by atoms with Crippen molar-refractivity contribution in [2.24, 2.45) is 5.92 Å². The molecule has 1 rings (SSSR count). The Morgan fingerprint density at radius 3 is 2.50 bits per heavy atom. The highest BCUT2D eigenvalue weighted by Gasteiger charge is 2.38. The predicted molar refractivity (Wildman–Crippen MR) is 38.1 cm³/mol. The maximum atomic E-state index is 10.4. The lowest BCUT2D eigenvalue weighted by Gasteiger charge is -2.25. The Hall–Kier alpha value is -1.33. The van der Waals surface area contributed by atoms with Crippen LogP contribution in [0.1, 0.15) is 0 Å². The Balaban J connectivity index is 2.98. The molecule has 0 spiro atoms. The highest BCUT2D eigenvalue weighted by atomic mass is 16.5. The second-order valence-electron chi connectivity index (χ2n) is 2.52. The molecule has 0 fully saturated rings. The van der Waals surface area contributed by atoms with Gasteiger partial charge in [0.25, 0.3) is 0 Å². The SMILES string of the molecule is O=C(O)C1C=C(O)C=CC1(O)O. The molecule has 0 heterocycles. The normalized spacial score (nSPS) is 26.5. The lowest BCUT2D eigenvalue weighted by Crippen LogP contribution is -2.40. The molecule has 1 aliphatic rings. The van der Waals surface area contributed by atoms with Crippen LogP contribution >= 0.6 is 0 Å². The minimum absolute atomic E-state index is 0.291. The van der Waals surface area contributed by atoms with Gasteiger partial charge in [-0.05, 0) is 18.2 Å². The number of aliphatic hydroxyl groups is 3. The van der Waals surface area contributed by atoms with Gasteiger partial charge in [0.05, 0.1) is 0 Å². The Bertz CT molecular complexity index is 263. The molecule has 0 aromatic carbocycles. The van der Waals surface area contributed by atoms with Crippen molar-refractivity contribution in [3.05, 3.63) is 24.0 Å². The summed E-state index contributed by atoms with van der Waals surface area (Å²) in [5.41, 5.74) is 0. The third kappa shape index (κ3) is 1.46. The van der Waals surface area contributed by atoms with Crippen LogP contribution in [-0.2, 0) is 4.79 Å². The third-order valence-corrected chi connectivity index (χ3v) is 1.56. The molecule has 12 heavy (non-hydrogen) atoms. The number of carboxylic acids is 1. The summed E-state index contributed by atoms with van der Waals surface area (Å²) >= 11 is 0. The smallest absolute Gasteiger partial charge is 0.316 e. The van der Waals surface area contributed by atoms with Crippen molar-refractivity contribution in [3.63, 3.8) is 0 Å². The van der Waals surface area contributed by atoms with E-state index in [0.717, 1.165) is 18.2 Å². The zero-order valence-electron chi connectivity index (χ0n) is 6.01. The Morgan fingerprint density at radius 2 is 2.08 bits per heavy atom. The summed E-state index contributed by atoms with van der Waals surface area (Å²) in [4.78, 5) is 10.4. The van der Waals surface area contributed by atoms with Crippen molar-refractivity contribution in [1.82, 2.24) is 0 Å². The average molecular weight is 172 g/mol. The van der Waals surface area contributed by atoms with E-state index in [1.165, 1.54) is 0 Å². The van der Waals surface area contributed by atoms with E-state index in [1.54, 1.807) is 0 Å². The lowest BCUT2D eigenvalue weighted by atomic mass is 9.93. The quantitative estimate of drug-likeness (QED) is 0.395. The number of rotatable bonds is 1. The molecular formula is C7H8O5. The highest BCUT2D eigenvalue weighted by Crippen LogP contribution is 2.23. The Morgan fingerprint density at radius 1 is 1.50 bits per heavy atom. The largest absolute Gasteiger partial charge is 0.508 e. The first-order chi connectivity index (χ1) is 5.43. The molecule has 5 nitrogen and oxygen atoms in total. The molecule has 0 aromatic heterocycles. The van der Waals surface area contributed by atoms with E-state index < -0.39 is 17.7 Å². The van der Waals surface area contributed by atoms with E-state index in [1.807, 2.05) is 0 Å². The summed E-state index contributed by atoms with van der Waals surface area (Å²) < 4.78 is 0. The van der Waals surface area contributed by atoms with Crippen LogP contribution in [0.4, 0.5) is 0 Å². The molecule has 1 atom stereocenters. The minimum Gasteiger partial charge on any atom is -0.508 e. The number of hydrogen-bond acceptors (Lipinski definition) is 4. The Kier molecular flexibility index (Phi) is 1.91. The van der Waals surface area contributed by atoms with Crippen molar-refractivity contribution in [2.45, 2.75) is 5.79 Å². The summed E-state index contributed by atoms with van der Waals surface area (Å²) in [7, 11) is 0. The molecule has 5 heteroatoms. The third-order valence-electron chi connectivity index (χ3n) is 1.56. The molecule has 0 aliphatic heterocycles. The van der Waals surface area contributed by atoms with Crippen molar-refractivity contribution < 1.29 is 25.2 Å². The number of aliphatic hydroxyl groups excluding tert-OH is 1. The zero-order valence-corrected chi connectivity index (χ0v) is 6.01. The number of carbonyl (C=O) groups is 1. The summed E-state index contributed by atoms with van der Waals surface area (Å²) in [5.74, 6) is -5.64. The van der Waals surface area contributed by atoms with Crippen molar-refractivity contribution in [1.29, 1.82) is 0 Å². The van der Waals surface area contributed by atoms with Crippen LogP contribution in [-0.4, -0.2) is 32.2 Å². The van der Waals surface area contributed by atoms with Gasteiger partial charge in [-0.2, -0.15) is 0 Å². The van der Waals surface area contributed by atoms with E-state index in [0.29, 0.717) is 0 Å². The van der Waals surface area contributed by atoms with Gasteiger partial charge in [0, 0.05) is 0 Å². The fourth-order valence-electron chi connectivity index (χ4n) is 0.914. The van der Waals surface area contributed by atoms with Crippen molar-refractivity contribution >= 4 is 5.97 Å². The number of hydrogen-bond donors (Lipinski definition) is 4. The monoisotopic (exact) mass is 172 g/mol. The van der Waals surface area contributed by atoms with Crippen LogP contribution in [0, 0.1) is 5.92 Å². The minimum atomic E-state index is -2.42. The Labute approximate surface area is 67.9 Å². The zero-order chi connectivity index (χ0) is 9.35. The maximum absolute atomic E-state index is 10.4. The van der Waals surface area contributed by atoms with Gasteiger partial charge in [0.1, 0.15) is 11.7 Å². The topological polar surface area (TPSA) is 98.0 Å². The van der Waals surface area contributed by atoms with Gasteiger partial charge in [-0.25, -0.2) is 0 Å². The number of allylic oxidation sites excluding steroid dienone is 1. The van der Waals surface area contributed by atoms with E-state index >= 15 is 0 Å². The molecule has 0 bridgehead atoms. The fraction of sp³-hybridized carbons (Fsp3) is 0.286. The molecular weight excluding hydrogens is 164 g/mol. The molecule has 0 saturated heterocycles. The van der Waals surface area contributed by atoms with Crippen LogP contribution in [0.25, 0.3) is 0 Å². The summed E-state index contributed by atoms with van der Waals surface area (Å²) in [6, 6.07) is 0. The average Bonchev–Trinajstić information content (AvgIpc) is 1.94. The van der Waals surface area contributed by atoms with Crippen LogP contribution in [0.3, 0.4) is 0 Å². The second kappa shape index (κ2) is 2.62. The van der Waals surface area contributed by atoms with Crippen molar-refractivity contribution in [3.8, 4) is 0 Å². The first kappa shape index (κ1) is 8.76. The summed E-state index contributed by atoms with van der Waals surface area (Å²) in [5, 5.41) is 35.4. The fourth-order valence-corrected chi connectivity index (χ4v) is 0.914. The van der Waals surface area contributed by atoms with Crippen LogP contribution in [0.2, 0.25) is 0 Å². The molecule has 4 N–H and O–H groups in total. The van der Waals surface area contributed by atoms with Gasteiger partial charge in [0.15, 0.2) is 0 Å². The van der Waals surface area contributed by atoms with Gasteiger partial charge in [0.2, 0.25) is 5.79 Å². The number of carboxylic acid groups (broad SMARTS) is 1. The molecule has 0 radical (unpaired) electrons. The predicted octanol–water partition coefficient (Wildman–Crippen LogP) is -0.620. The maximum Gasteiger partial charge on any atom is 0.316 e. The highest BCUT2D eigenvalue weighted by molar-refractivity contribution is 5.74. The van der Waals surface area contributed by atoms with Crippen molar-refractivity contribution in [2.75, 3.05) is 0 Å². The van der Waals surface area contributed by atoms with E-state index in [4.69, 9.17) is 20.4 Å². The molecule has 1 unspecified atom stereocenters. The molecule has 0 aromatic rings. The lowest BCUT2D eigenvalue weighted by molar-refractivity contribution is -0.176. The number of aliphatic carboxylic acids is 1. The summed E-state index contributed by atoms with van der Waals surface area (Å²) in [6.07, 6.45) is 2.71. The van der Waals surface area contributed by atoms with E-state index in [2.05, 4.69) is 0 Å². The first-order valence-corrected chi connectivity index (χ1v) is 3.21.